The van der Waals surface area contributed by atoms with Crippen LogP contribution in [0.2, 0.25) is 0 Å². The number of aromatic nitrogens is 2. The summed E-state index contributed by atoms with van der Waals surface area (Å²) in [6.07, 6.45) is -0.560. The molecule has 0 aliphatic carbocycles. The van der Waals surface area contributed by atoms with E-state index in [0.717, 1.165) is 0 Å². The Labute approximate surface area is 94.4 Å². The van der Waals surface area contributed by atoms with E-state index in [0.29, 0.717) is 11.5 Å². The summed E-state index contributed by atoms with van der Waals surface area (Å²) in [4.78, 5) is 3.84. The first-order valence-corrected chi connectivity index (χ1v) is 4.73. The summed E-state index contributed by atoms with van der Waals surface area (Å²) < 4.78 is 35.8. The number of ether oxygens (including phenoxy) is 2. The highest BCUT2D eigenvalue weighted by atomic mass is 19.3. The van der Waals surface area contributed by atoms with Gasteiger partial charge in [0.1, 0.15) is 12.1 Å². The fourth-order valence-electron chi connectivity index (χ4n) is 1.58. The van der Waals surface area contributed by atoms with Crippen molar-refractivity contribution in [1.82, 2.24) is 9.55 Å². The molecule has 1 aromatic carbocycles. The van der Waals surface area contributed by atoms with Crippen LogP contribution in [-0.2, 0) is 0 Å². The zero-order chi connectivity index (χ0) is 12.0. The van der Waals surface area contributed by atoms with Gasteiger partial charge in [0.15, 0.2) is 11.5 Å². The molecule has 0 atom stereocenters. The van der Waals surface area contributed by atoms with Gasteiger partial charge in [-0.3, -0.25) is 0 Å². The molecule has 0 unspecified atom stereocenters. The molecule has 0 spiro atoms. The Morgan fingerprint density at radius 3 is 2.71 bits per heavy atom. The molecule has 88 valence electrons. The third-order valence-corrected chi connectivity index (χ3v) is 2.29. The van der Waals surface area contributed by atoms with Crippen molar-refractivity contribution in [1.29, 1.82) is 0 Å². The molecule has 0 bridgehead atoms. The molecule has 1 aromatic heterocycles. The highest BCUT2D eigenvalue weighted by Crippen LogP contribution is 2.41. The maximum Gasteiger partial charge on any atom is 0.586 e. The first-order chi connectivity index (χ1) is 8.03. The fraction of sp³-hybridized carbons (Fsp3) is 0.100. The summed E-state index contributed by atoms with van der Waals surface area (Å²) in [5.41, 5.74) is 6.07. The van der Waals surface area contributed by atoms with Crippen molar-refractivity contribution in [3.05, 3.63) is 30.7 Å². The van der Waals surface area contributed by atoms with E-state index in [1.165, 1.54) is 18.5 Å². The van der Waals surface area contributed by atoms with Gasteiger partial charge in [0.25, 0.3) is 0 Å². The van der Waals surface area contributed by atoms with Gasteiger partial charge in [-0.25, -0.2) is 4.98 Å². The third kappa shape index (κ3) is 1.65. The second kappa shape index (κ2) is 3.09. The highest BCUT2D eigenvalue weighted by Gasteiger charge is 2.43. The number of alkyl halides is 2. The lowest BCUT2D eigenvalue weighted by Crippen LogP contribution is -2.25. The first-order valence-electron chi connectivity index (χ1n) is 4.73. The predicted molar refractivity (Wildman–Crippen MR) is 54.2 cm³/mol. The summed E-state index contributed by atoms with van der Waals surface area (Å²) in [5, 5.41) is 0. The highest BCUT2D eigenvalue weighted by molar-refractivity contribution is 5.51. The summed E-state index contributed by atoms with van der Waals surface area (Å²) in [6, 6.07) is 4.43. The van der Waals surface area contributed by atoms with Gasteiger partial charge in [-0.2, -0.15) is 0 Å². The van der Waals surface area contributed by atoms with Crippen LogP contribution in [0.1, 0.15) is 0 Å². The predicted octanol–water partition coefficient (Wildman–Crippen LogP) is 1.78. The molecule has 0 amide bonds. The van der Waals surface area contributed by atoms with Crippen molar-refractivity contribution in [3.8, 4) is 17.2 Å². The van der Waals surface area contributed by atoms with Crippen molar-refractivity contribution in [3.63, 3.8) is 0 Å². The average molecular weight is 239 g/mol. The van der Waals surface area contributed by atoms with Crippen LogP contribution in [0, 0.1) is 0 Å². The minimum Gasteiger partial charge on any atom is -0.395 e. The Kier molecular flexibility index (Phi) is 1.80. The molecule has 1 aliphatic heterocycles. The molecule has 0 fully saturated rings. The number of benzene rings is 1. The van der Waals surface area contributed by atoms with E-state index in [1.807, 2.05) is 0 Å². The van der Waals surface area contributed by atoms with Crippen molar-refractivity contribution in [2.24, 2.45) is 0 Å². The minimum atomic E-state index is -3.60. The van der Waals surface area contributed by atoms with Crippen LogP contribution in [0.5, 0.6) is 11.5 Å². The molecule has 7 heteroatoms. The molecule has 0 saturated heterocycles. The number of nitrogens with two attached hydrogens (primary N) is 1. The summed E-state index contributed by atoms with van der Waals surface area (Å²) in [5.74, 6) is 0.333. The SMILES string of the molecule is Nc1cn(-c2ccc3c(c2)OC(F)(F)O3)cn1. The van der Waals surface area contributed by atoms with Gasteiger partial charge in [0.05, 0.1) is 11.9 Å². The minimum absolute atomic E-state index is 0.00633. The zero-order valence-electron chi connectivity index (χ0n) is 8.43. The molecule has 2 aromatic rings. The molecular weight excluding hydrogens is 232 g/mol. The average Bonchev–Trinajstić information content (AvgIpc) is 2.78. The Hall–Kier alpha value is -2.31. The lowest BCUT2D eigenvalue weighted by molar-refractivity contribution is -0.286. The van der Waals surface area contributed by atoms with E-state index in [1.54, 1.807) is 16.8 Å². The van der Waals surface area contributed by atoms with Gasteiger partial charge in [-0.1, -0.05) is 0 Å². The van der Waals surface area contributed by atoms with E-state index in [-0.39, 0.29) is 11.5 Å². The summed E-state index contributed by atoms with van der Waals surface area (Å²) in [7, 11) is 0. The second-order valence-corrected chi connectivity index (χ2v) is 3.50. The number of hydrogen-bond donors (Lipinski definition) is 1. The molecule has 1 aliphatic rings. The largest absolute Gasteiger partial charge is 0.586 e. The maximum absolute atomic E-state index is 12.8. The van der Waals surface area contributed by atoms with Gasteiger partial charge in [0.2, 0.25) is 0 Å². The van der Waals surface area contributed by atoms with Gasteiger partial charge in [-0.15, -0.1) is 8.78 Å². The van der Waals surface area contributed by atoms with Crippen LogP contribution in [0.15, 0.2) is 30.7 Å². The Morgan fingerprint density at radius 2 is 2.00 bits per heavy atom. The topological polar surface area (TPSA) is 62.3 Å². The normalized spacial score (nSPS) is 16.1. The Bertz CT molecular complexity index is 583. The smallest absolute Gasteiger partial charge is 0.395 e. The van der Waals surface area contributed by atoms with Crippen LogP contribution in [0.25, 0.3) is 5.69 Å². The summed E-state index contributed by atoms with van der Waals surface area (Å²) in [6.45, 7) is 0. The van der Waals surface area contributed by atoms with Crippen LogP contribution in [0.3, 0.4) is 0 Å². The quantitative estimate of drug-likeness (QED) is 0.823. The van der Waals surface area contributed by atoms with Crippen LogP contribution >= 0.6 is 0 Å². The number of rotatable bonds is 1. The molecule has 0 saturated carbocycles. The Balaban J connectivity index is 2.01. The van der Waals surface area contributed by atoms with Crippen molar-refractivity contribution in [2.45, 2.75) is 6.29 Å². The second-order valence-electron chi connectivity index (χ2n) is 3.50. The van der Waals surface area contributed by atoms with Gasteiger partial charge < -0.3 is 19.8 Å². The van der Waals surface area contributed by atoms with Crippen LogP contribution in [-0.4, -0.2) is 15.8 Å². The first kappa shape index (κ1) is 9.88. The molecule has 3 rings (SSSR count). The number of anilines is 1. The van der Waals surface area contributed by atoms with Crippen molar-refractivity contribution >= 4 is 5.82 Å². The van der Waals surface area contributed by atoms with Gasteiger partial charge in [-0.05, 0) is 12.1 Å². The number of imidazole rings is 1. The lowest BCUT2D eigenvalue weighted by Gasteiger charge is -2.04. The Morgan fingerprint density at radius 1 is 1.24 bits per heavy atom. The molecule has 2 N–H and O–H groups in total. The number of nitrogen functional groups attached to an aromatic ring is 1. The van der Waals surface area contributed by atoms with E-state index in [2.05, 4.69) is 14.5 Å². The van der Waals surface area contributed by atoms with E-state index < -0.39 is 6.29 Å². The number of halogens is 2. The number of hydrogen-bond acceptors (Lipinski definition) is 4. The maximum atomic E-state index is 12.8. The molecule has 0 radical (unpaired) electrons. The van der Waals surface area contributed by atoms with Crippen LogP contribution in [0.4, 0.5) is 14.6 Å². The fourth-order valence-corrected chi connectivity index (χ4v) is 1.58. The van der Waals surface area contributed by atoms with Gasteiger partial charge in [0, 0.05) is 6.07 Å². The lowest BCUT2D eigenvalue weighted by atomic mass is 10.3. The van der Waals surface area contributed by atoms with E-state index >= 15 is 0 Å². The van der Waals surface area contributed by atoms with Gasteiger partial charge >= 0.3 is 6.29 Å². The molecular formula is C10H7F2N3O2. The standard InChI is InChI=1S/C10H7F2N3O2/c11-10(12)16-7-2-1-6(3-8(7)17-10)15-4-9(13)14-5-15/h1-5H,13H2. The zero-order valence-corrected chi connectivity index (χ0v) is 8.43. The molecule has 5 nitrogen and oxygen atoms in total. The summed E-state index contributed by atoms with van der Waals surface area (Å²) >= 11 is 0. The van der Waals surface area contributed by atoms with E-state index in [4.69, 9.17) is 5.73 Å². The van der Waals surface area contributed by atoms with Crippen LogP contribution < -0.4 is 15.2 Å². The molecule has 2 heterocycles. The number of fused-ring (bicyclic) bond motifs is 1. The van der Waals surface area contributed by atoms with Crippen molar-refractivity contribution < 1.29 is 18.3 Å². The van der Waals surface area contributed by atoms with E-state index in [9.17, 15) is 8.78 Å². The van der Waals surface area contributed by atoms with Crippen molar-refractivity contribution in [2.75, 3.05) is 5.73 Å². The third-order valence-electron chi connectivity index (χ3n) is 2.29. The number of nitrogens with zero attached hydrogens (tertiary/aromatic N) is 2. The molecule has 17 heavy (non-hydrogen) atoms. The monoisotopic (exact) mass is 239 g/mol.